The third-order valence-corrected chi connectivity index (χ3v) is 1.55. The molecule has 0 amide bonds. The molecule has 0 aromatic heterocycles. The Morgan fingerprint density at radius 3 is 2.12 bits per heavy atom. The van der Waals surface area contributed by atoms with Gasteiger partial charge in [0.2, 0.25) is 0 Å². The first-order valence-corrected chi connectivity index (χ1v) is 3.48. The molecule has 1 atom stereocenters. The fraction of sp³-hybridized carbons (Fsp3) is 1.00. The molecular formula is C5H11Cl2N. The fourth-order valence-electron chi connectivity index (χ4n) is 0.445. The Morgan fingerprint density at radius 2 is 2.00 bits per heavy atom. The summed E-state index contributed by atoms with van der Waals surface area (Å²) in [4.78, 5) is 2.01. The Balaban J connectivity index is 3.10. The molecule has 8 heavy (non-hydrogen) atoms. The third-order valence-electron chi connectivity index (χ3n) is 0.731. The second kappa shape index (κ2) is 4.42. The van der Waals surface area contributed by atoms with E-state index in [1.807, 2.05) is 19.0 Å². The first-order valence-electron chi connectivity index (χ1n) is 2.51. The molecule has 0 saturated heterocycles. The number of nitrogens with zero attached hydrogens (tertiary/aromatic N) is 1. The summed E-state index contributed by atoms with van der Waals surface area (Å²) in [6.45, 7) is 0.852. The highest BCUT2D eigenvalue weighted by Gasteiger charge is 2.01. The van der Waals surface area contributed by atoms with Crippen LogP contribution in [0.2, 0.25) is 0 Å². The summed E-state index contributed by atoms with van der Waals surface area (Å²) in [6, 6.07) is 0. The molecule has 50 valence electrons. The standard InChI is InChI=1S/C5H11Cl2N/c1-8(2)4-5(7)3-6/h5H,3-4H2,1-2H3. The molecule has 0 aromatic carbocycles. The maximum Gasteiger partial charge on any atom is 0.0598 e. The number of halogens is 2. The van der Waals surface area contributed by atoms with E-state index in [2.05, 4.69) is 0 Å². The van der Waals surface area contributed by atoms with E-state index in [9.17, 15) is 0 Å². The van der Waals surface area contributed by atoms with Crippen molar-refractivity contribution in [2.24, 2.45) is 0 Å². The van der Waals surface area contributed by atoms with Crippen molar-refractivity contribution in [1.29, 1.82) is 0 Å². The second-order valence-corrected chi connectivity index (χ2v) is 2.94. The van der Waals surface area contributed by atoms with Gasteiger partial charge in [0.1, 0.15) is 0 Å². The monoisotopic (exact) mass is 155 g/mol. The zero-order valence-corrected chi connectivity index (χ0v) is 6.71. The van der Waals surface area contributed by atoms with Crippen molar-refractivity contribution >= 4 is 23.2 Å². The minimum Gasteiger partial charge on any atom is -0.308 e. The summed E-state index contributed by atoms with van der Waals surface area (Å²) in [6.07, 6.45) is 0. The van der Waals surface area contributed by atoms with Crippen molar-refractivity contribution in [3.05, 3.63) is 0 Å². The molecule has 3 heteroatoms. The Hall–Kier alpha value is 0.540. The maximum atomic E-state index is 5.69. The van der Waals surface area contributed by atoms with Gasteiger partial charge in [0.05, 0.1) is 5.38 Å². The smallest absolute Gasteiger partial charge is 0.0598 e. The van der Waals surface area contributed by atoms with E-state index in [1.165, 1.54) is 0 Å². The van der Waals surface area contributed by atoms with Gasteiger partial charge in [-0.15, -0.1) is 23.2 Å². The van der Waals surface area contributed by atoms with Gasteiger partial charge in [-0.1, -0.05) is 0 Å². The quantitative estimate of drug-likeness (QED) is 0.558. The molecule has 0 bridgehead atoms. The van der Waals surface area contributed by atoms with E-state index in [-0.39, 0.29) is 5.38 Å². The van der Waals surface area contributed by atoms with Crippen molar-refractivity contribution < 1.29 is 0 Å². The molecular weight excluding hydrogens is 145 g/mol. The van der Waals surface area contributed by atoms with Crippen LogP contribution < -0.4 is 0 Å². The van der Waals surface area contributed by atoms with Crippen molar-refractivity contribution in [3.63, 3.8) is 0 Å². The Kier molecular flexibility index (Phi) is 4.72. The summed E-state index contributed by atoms with van der Waals surface area (Å²) in [7, 11) is 3.95. The minimum absolute atomic E-state index is 0.0895. The molecule has 0 saturated carbocycles. The van der Waals surface area contributed by atoms with Crippen LogP contribution in [0.5, 0.6) is 0 Å². The second-order valence-electron chi connectivity index (χ2n) is 2.01. The lowest BCUT2D eigenvalue weighted by atomic mass is 10.4. The van der Waals surface area contributed by atoms with Gasteiger partial charge in [0.15, 0.2) is 0 Å². The Bertz CT molecular complexity index is 56.4. The van der Waals surface area contributed by atoms with Gasteiger partial charge in [-0.25, -0.2) is 0 Å². The highest BCUT2D eigenvalue weighted by Crippen LogP contribution is 1.98. The van der Waals surface area contributed by atoms with Gasteiger partial charge in [-0.3, -0.25) is 0 Å². The van der Waals surface area contributed by atoms with E-state index >= 15 is 0 Å². The fourth-order valence-corrected chi connectivity index (χ4v) is 0.819. The van der Waals surface area contributed by atoms with Gasteiger partial charge in [-0.05, 0) is 14.1 Å². The predicted octanol–water partition coefficient (Wildman–Crippen LogP) is 1.39. The molecule has 0 spiro atoms. The zero-order valence-electron chi connectivity index (χ0n) is 5.19. The largest absolute Gasteiger partial charge is 0.308 e. The third kappa shape index (κ3) is 4.69. The van der Waals surface area contributed by atoms with E-state index in [0.717, 1.165) is 6.54 Å². The molecule has 0 fully saturated rings. The molecule has 0 N–H and O–H groups in total. The highest BCUT2D eigenvalue weighted by atomic mass is 35.5. The van der Waals surface area contributed by atoms with Gasteiger partial charge in [0.25, 0.3) is 0 Å². The van der Waals surface area contributed by atoms with E-state index in [4.69, 9.17) is 23.2 Å². The molecule has 0 aliphatic carbocycles. The maximum absolute atomic E-state index is 5.69. The summed E-state index contributed by atoms with van der Waals surface area (Å²) < 4.78 is 0. The first-order chi connectivity index (χ1) is 3.66. The van der Waals surface area contributed by atoms with Gasteiger partial charge in [-0.2, -0.15) is 0 Å². The Labute approximate surface area is 60.6 Å². The van der Waals surface area contributed by atoms with Crippen LogP contribution in [-0.2, 0) is 0 Å². The normalized spacial score (nSPS) is 14.6. The van der Waals surface area contributed by atoms with Crippen molar-refractivity contribution in [1.82, 2.24) is 4.90 Å². The van der Waals surface area contributed by atoms with Gasteiger partial charge < -0.3 is 4.90 Å². The number of hydrogen-bond donors (Lipinski definition) is 0. The Morgan fingerprint density at radius 1 is 1.50 bits per heavy atom. The first kappa shape index (κ1) is 8.54. The summed E-state index contributed by atoms with van der Waals surface area (Å²) in [5, 5.41) is 0.0895. The minimum atomic E-state index is 0.0895. The predicted molar refractivity (Wildman–Crippen MR) is 38.9 cm³/mol. The zero-order chi connectivity index (χ0) is 6.57. The molecule has 0 aliphatic rings. The van der Waals surface area contributed by atoms with Crippen LogP contribution in [0.4, 0.5) is 0 Å². The summed E-state index contributed by atoms with van der Waals surface area (Å²) in [5.74, 6) is 0.528. The van der Waals surface area contributed by atoms with Crippen LogP contribution in [0, 0.1) is 0 Å². The van der Waals surface area contributed by atoms with Crippen LogP contribution in [-0.4, -0.2) is 36.8 Å². The average Bonchev–Trinajstić information content (AvgIpc) is 1.65. The van der Waals surface area contributed by atoms with Crippen LogP contribution in [0.25, 0.3) is 0 Å². The highest BCUT2D eigenvalue weighted by molar-refractivity contribution is 6.28. The molecule has 0 radical (unpaired) electrons. The van der Waals surface area contributed by atoms with E-state index < -0.39 is 0 Å². The molecule has 0 aliphatic heterocycles. The molecule has 0 rings (SSSR count). The topological polar surface area (TPSA) is 3.24 Å². The van der Waals surface area contributed by atoms with E-state index in [0.29, 0.717) is 5.88 Å². The van der Waals surface area contributed by atoms with Crippen LogP contribution in [0.3, 0.4) is 0 Å². The van der Waals surface area contributed by atoms with E-state index in [1.54, 1.807) is 0 Å². The van der Waals surface area contributed by atoms with Crippen molar-refractivity contribution in [2.75, 3.05) is 26.5 Å². The average molecular weight is 156 g/mol. The van der Waals surface area contributed by atoms with Crippen LogP contribution in [0.15, 0.2) is 0 Å². The van der Waals surface area contributed by atoms with Crippen LogP contribution >= 0.6 is 23.2 Å². The number of rotatable bonds is 3. The molecule has 0 aromatic rings. The van der Waals surface area contributed by atoms with Crippen LogP contribution in [0.1, 0.15) is 0 Å². The summed E-state index contributed by atoms with van der Waals surface area (Å²) in [5.41, 5.74) is 0. The lowest BCUT2D eigenvalue weighted by molar-refractivity contribution is 0.412. The van der Waals surface area contributed by atoms with Gasteiger partial charge in [0, 0.05) is 12.4 Å². The lowest BCUT2D eigenvalue weighted by Gasteiger charge is -2.11. The van der Waals surface area contributed by atoms with Gasteiger partial charge >= 0.3 is 0 Å². The molecule has 1 nitrogen and oxygen atoms in total. The number of alkyl halides is 2. The summed E-state index contributed by atoms with van der Waals surface area (Å²) >= 11 is 11.1. The SMILES string of the molecule is CN(C)CC(Cl)CCl. The molecule has 0 heterocycles. The lowest BCUT2D eigenvalue weighted by Crippen LogP contribution is -2.22. The van der Waals surface area contributed by atoms with Crippen molar-refractivity contribution in [2.45, 2.75) is 5.38 Å². The number of hydrogen-bond acceptors (Lipinski definition) is 1. The molecule has 1 unspecified atom stereocenters. The van der Waals surface area contributed by atoms with Crippen molar-refractivity contribution in [3.8, 4) is 0 Å².